The van der Waals surface area contributed by atoms with E-state index >= 15 is 0 Å². The Morgan fingerprint density at radius 2 is 2.45 bits per heavy atom. The fourth-order valence-corrected chi connectivity index (χ4v) is 1.37. The largest absolute Gasteiger partial charge is 0.339 e. The first-order chi connectivity index (χ1) is 5.24. The lowest BCUT2D eigenvalue weighted by Crippen LogP contribution is -2.33. The van der Waals surface area contributed by atoms with Crippen LogP contribution >= 0.6 is 0 Å². The predicted octanol–water partition coefficient (Wildman–Crippen LogP) is 0.564. The smallest absolute Gasteiger partial charge is 0.235 e. The fourth-order valence-electron chi connectivity index (χ4n) is 1.37. The van der Waals surface area contributed by atoms with Crippen LogP contribution in [0.3, 0.4) is 0 Å². The maximum Gasteiger partial charge on any atom is 0.235 e. The van der Waals surface area contributed by atoms with E-state index in [2.05, 4.69) is 17.1 Å². The van der Waals surface area contributed by atoms with Crippen LogP contribution < -0.4 is 5.32 Å². The van der Waals surface area contributed by atoms with Gasteiger partial charge in [0, 0.05) is 0 Å². The molecule has 0 spiro atoms. The van der Waals surface area contributed by atoms with E-state index in [1.807, 2.05) is 7.05 Å². The molecule has 0 bridgehead atoms. The molecular weight excluding hydrogens is 140 g/mol. The van der Waals surface area contributed by atoms with Crippen LogP contribution in [0.4, 0.5) is 0 Å². The summed E-state index contributed by atoms with van der Waals surface area (Å²) >= 11 is 0. The van der Waals surface area contributed by atoms with Crippen molar-refractivity contribution in [3.8, 4) is 0 Å². The second kappa shape index (κ2) is 3.72. The lowest BCUT2D eigenvalue weighted by Gasteiger charge is -2.17. The highest BCUT2D eigenvalue weighted by Crippen LogP contribution is 2.08. The Labute approximate surface area is 67.8 Å². The molecule has 0 radical (unpaired) electrons. The standard InChI is InChI=1S/C8H16N2O/c1-3-4-5-7-9-8(11)6-10(7)2/h7H,3-6H2,1-2H3,(H,9,11). The van der Waals surface area contributed by atoms with Crippen molar-refractivity contribution in [3.63, 3.8) is 0 Å². The van der Waals surface area contributed by atoms with Crippen LogP contribution in [0.25, 0.3) is 0 Å². The van der Waals surface area contributed by atoms with Crippen LogP contribution in [-0.2, 0) is 4.79 Å². The average Bonchev–Trinajstić information content (AvgIpc) is 2.26. The summed E-state index contributed by atoms with van der Waals surface area (Å²) in [6, 6.07) is 0. The number of likely N-dealkylation sites (N-methyl/N-ethyl adjacent to an activating group) is 1. The molecule has 1 heterocycles. The SMILES string of the molecule is CCCCC1NC(=O)CN1C. The molecule has 1 rings (SSSR count). The molecular formula is C8H16N2O. The molecule has 1 aliphatic rings. The number of hydrogen-bond donors (Lipinski definition) is 1. The summed E-state index contributed by atoms with van der Waals surface area (Å²) in [5.41, 5.74) is 0. The van der Waals surface area contributed by atoms with Crippen molar-refractivity contribution in [2.75, 3.05) is 13.6 Å². The van der Waals surface area contributed by atoms with Gasteiger partial charge in [-0.15, -0.1) is 0 Å². The first-order valence-corrected chi connectivity index (χ1v) is 4.23. The summed E-state index contributed by atoms with van der Waals surface area (Å²) < 4.78 is 0. The molecule has 0 aromatic heterocycles. The monoisotopic (exact) mass is 156 g/mol. The maximum absolute atomic E-state index is 10.9. The quantitative estimate of drug-likeness (QED) is 0.647. The summed E-state index contributed by atoms with van der Waals surface area (Å²) in [4.78, 5) is 12.9. The number of unbranched alkanes of at least 4 members (excludes halogenated alkanes) is 1. The zero-order valence-corrected chi connectivity index (χ0v) is 7.26. The van der Waals surface area contributed by atoms with Gasteiger partial charge in [0.2, 0.25) is 5.91 Å². The summed E-state index contributed by atoms with van der Waals surface area (Å²) in [6.07, 6.45) is 3.76. The Kier molecular flexibility index (Phi) is 2.88. The van der Waals surface area contributed by atoms with Crippen molar-refractivity contribution < 1.29 is 4.79 Å². The highest BCUT2D eigenvalue weighted by atomic mass is 16.2. The van der Waals surface area contributed by atoms with Gasteiger partial charge >= 0.3 is 0 Å². The van der Waals surface area contributed by atoms with Crippen molar-refractivity contribution in [3.05, 3.63) is 0 Å². The van der Waals surface area contributed by atoms with Crippen LogP contribution in [0.5, 0.6) is 0 Å². The highest BCUT2D eigenvalue weighted by Gasteiger charge is 2.24. The molecule has 3 heteroatoms. The van der Waals surface area contributed by atoms with Crippen LogP contribution in [0.2, 0.25) is 0 Å². The summed E-state index contributed by atoms with van der Waals surface area (Å²) in [5, 5.41) is 2.93. The third-order valence-electron chi connectivity index (χ3n) is 2.08. The van der Waals surface area contributed by atoms with Crippen molar-refractivity contribution in [2.45, 2.75) is 32.4 Å². The second-order valence-corrected chi connectivity index (χ2v) is 3.14. The van der Waals surface area contributed by atoms with Crippen LogP contribution in [0.15, 0.2) is 0 Å². The van der Waals surface area contributed by atoms with Crippen LogP contribution in [0, 0.1) is 0 Å². The van der Waals surface area contributed by atoms with Crippen molar-refractivity contribution in [1.82, 2.24) is 10.2 Å². The number of carbonyl (C=O) groups is 1. The van der Waals surface area contributed by atoms with Gasteiger partial charge in [-0.1, -0.05) is 19.8 Å². The predicted molar refractivity (Wildman–Crippen MR) is 44.1 cm³/mol. The lowest BCUT2D eigenvalue weighted by molar-refractivity contribution is -0.118. The summed E-state index contributed by atoms with van der Waals surface area (Å²) in [5.74, 6) is 0.161. The van der Waals surface area contributed by atoms with E-state index in [0.717, 1.165) is 6.42 Å². The molecule has 0 aromatic rings. The molecule has 1 atom stereocenters. The summed E-state index contributed by atoms with van der Waals surface area (Å²) in [6.45, 7) is 2.73. The Morgan fingerprint density at radius 3 is 2.91 bits per heavy atom. The number of hydrogen-bond acceptors (Lipinski definition) is 2. The van der Waals surface area contributed by atoms with E-state index < -0.39 is 0 Å². The third kappa shape index (κ3) is 2.19. The number of rotatable bonds is 3. The van der Waals surface area contributed by atoms with E-state index in [4.69, 9.17) is 0 Å². The minimum atomic E-state index is 0.161. The van der Waals surface area contributed by atoms with E-state index in [1.54, 1.807) is 0 Å². The number of amides is 1. The van der Waals surface area contributed by atoms with Gasteiger partial charge in [0.05, 0.1) is 12.7 Å². The molecule has 1 saturated heterocycles. The first-order valence-electron chi connectivity index (χ1n) is 4.23. The zero-order chi connectivity index (χ0) is 8.27. The van der Waals surface area contributed by atoms with E-state index in [9.17, 15) is 4.79 Å². The maximum atomic E-state index is 10.9. The van der Waals surface area contributed by atoms with Crippen molar-refractivity contribution >= 4 is 5.91 Å². The Hall–Kier alpha value is -0.570. The van der Waals surface area contributed by atoms with Gasteiger partial charge in [0.1, 0.15) is 0 Å². The molecule has 11 heavy (non-hydrogen) atoms. The molecule has 0 aromatic carbocycles. The van der Waals surface area contributed by atoms with Gasteiger partial charge in [-0.05, 0) is 13.5 Å². The van der Waals surface area contributed by atoms with E-state index in [-0.39, 0.29) is 5.91 Å². The molecule has 1 N–H and O–H groups in total. The van der Waals surface area contributed by atoms with Gasteiger partial charge in [0.25, 0.3) is 0 Å². The molecule has 0 saturated carbocycles. The van der Waals surface area contributed by atoms with Gasteiger partial charge in [0.15, 0.2) is 0 Å². The van der Waals surface area contributed by atoms with Gasteiger partial charge in [-0.25, -0.2) is 0 Å². The zero-order valence-electron chi connectivity index (χ0n) is 7.26. The van der Waals surface area contributed by atoms with Crippen LogP contribution in [0.1, 0.15) is 26.2 Å². The third-order valence-corrected chi connectivity index (χ3v) is 2.08. The van der Waals surface area contributed by atoms with Crippen molar-refractivity contribution in [2.24, 2.45) is 0 Å². The highest BCUT2D eigenvalue weighted by molar-refractivity contribution is 5.80. The summed E-state index contributed by atoms with van der Waals surface area (Å²) in [7, 11) is 1.98. The Balaban J connectivity index is 2.28. The molecule has 1 aliphatic heterocycles. The molecule has 3 nitrogen and oxygen atoms in total. The normalized spacial score (nSPS) is 25.6. The van der Waals surface area contributed by atoms with Gasteiger partial charge < -0.3 is 5.32 Å². The Morgan fingerprint density at radius 1 is 1.73 bits per heavy atom. The number of carbonyl (C=O) groups excluding carboxylic acids is 1. The molecule has 1 amide bonds. The molecule has 1 fully saturated rings. The number of nitrogens with one attached hydrogen (secondary N) is 1. The van der Waals surface area contributed by atoms with Crippen LogP contribution in [-0.4, -0.2) is 30.6 Å². The van der Waals surface area contributed by atoms with E-state index in [0.29, 0.717) is 12.7 Å². The number of nitrogens with zero attached hydrogens (tertiary/aromatic N) is 1. The van der Waals surface area contributed by atoms with E-state index in [1.165, 1.54) is 12.8 Å². The van der Waals surface area contributed by atoms with Gasteiger partial charge in [-0.2, -0.15) is 0 Å². The molecule has 64 valence electrons. The first kappa shape index (κ1) is 8.53. The topological polar surface area (TPSA) is 32.3 Å². The lowest BCUT2D eigenvalue weighted by atomic mass is 10.2. The minimum Gasteiger partial charge on any atom is -0.339 e. The van der Waals surface area contributed by atoms with Gasteiger partial charge in [-0.3, -0.25) is 9.69 Å². The fraction of sp³-hybridized carbons (Fsp3) is 0.875. The average molecular weight is 156 g/mol. The second-order valence-electron chi connectivity index (χ2n) is 3.14. The molecule has 0 aliphatic carbocycles. The molecule has 1 unspecified atom stereocenters. The van der Waals surface area contributed by atoms with Crippen molar-refractivity contribution in [1.29, 1.82) is 0 Å². The minimum absolute atomic E-state index is 0.161. The Bertz CT molecular complexity index is 147.